The zero-order valence-electron chi connectivity index (χ0n) is 12.0. The minimum atomic E-state index is 0.494. The molecule has 0 aliphatic carbocycles. The molecule has 1 aromatic rings. The van der Waals surface area contributed by atoms with Gasteiger partial charge in [-0.05, 0) is 39.1 Å². The second-order valence-electron chi connectivity index (χ2n) is 5.99. The normalized spacial score (nSPS) is 23.9. The summed E-state index contributed by atoms with van der Waals surface area (Å²) in [7, 11) is 4.39. The van der Waals surface area contributed by atoms with Crippen LogP contribution in [0.5, 0.6) is 0 Å². The van der Waals surface area contributed by atoms with Gasteiger partial charge in [-0.25, -0.2) is 0 Å². The molecule has 1 saturated heterocycles. The molecule has 0 N–H and O–H groups in total. The van der Waals surface area contributed by atoms with E-state index in [-0.39, 0.29) is 0 Å². The van der Waals surface area contributed by atoms with Crippen molar-refractivity contribution < 1.29 is 0 Å². The van der Waals surface area contributed by atoms with Gasteiger partial charge in [-0.2, -0.15) is 0 Å². The number of nitrogens with zero attached hydrogens (tertiary/aromatic N) is 2. The quantitative estimate of drug-likeness (QED) is 0.787. The average molecular weight is 246 g/mol. The van der Waals surface area contributed by atoms with Gasteiger partial charge in [0, 0.05) is 30.7 Å². The van der Waals surface area contributed by atoms with Crippen LogP contribution in [0, 0.1) is 5.41 Å². The van der Waals surface area contributed by atoms with Crippen molar-refractivity contribution in [2.75, 3.05) is 38.6 Å². The fourth-order valence-corrected chi connectivity index (χ4v) is 3.41. The highest BCUT2D eigenvalue weighted by molar-refractivity contribution is 5.47. The van der Waals surface area contributed by atoms with E-state index in [1.54, 1.807) is 0 Å². The summed E-state index contributed by atoms with van der Waals surface area (Å²) in [6, 6.07) is 10.8. The number of rotatable bonds is 5. The second-order valence-corrected chi connectivity index (χ2v) is 5.99. The van der Waals surface area contributed by atoms with Gasteiger partial charge in [0.05, 0.1) is 0 Å². The molecule has 1 aliphatic rings. The summed E-state index contributed by atoms with van der Waals surface area (Å²) < 4.78 is 0. The lowest BCUT2D eigenvalue weighted by Crippen LogP contribution is -2.36. The van der Waals surface area contributed by atoms with Gasteiger partial charge in [0.2, 0.25) is 0 Å². The minimum Gasteiger partial charge on any atom is -0.371 e. The molecule has 1 aliphatic heterocycles. The largest absolute Gasteiger partial charge is 0.371 e. The van der Waals surface area contributed by atoms with Crippen molar-refractivity contribution in [3.63, 3.8) is 0 Å². The SMILES string of the molecule is CCCC1(CN(C)C)CCN(c2ccccc2)C1. The summed E-state index contributed by atoms with van der Waals surface area (Å²) in [4.78, 5) is 4.91. The summed E-state index contributed by atoms with van der Waals surface area (Å²) >= 11 is 0. The van der Waals surface area contributed by atoms with Crippen LogP contribution >= 0.6 is 0 Å². The van der Waals surface area contributed by atoms with E-state index in [1.807, 2.05) is 0 Å². The maximum atomic E-state index is 2.55. The molecule has 1 heterocycles. The van der Waals surface area contributed by atoms with Crippen LogP contribution in [0.4, 0.5) is 5.69 Å². The first-order chi connectivity index (χ1) is 8.65. The molecular formula is C16H26N2. The highest BCUT2D eigenvalue weighted by Crippen LogP contribution is 2.37. The lowest BCUT2D eigenvalue weighted by atomic mass is 9.82. The number of hydrogen-bond acceptors (Lipinski definition) is 2. The van der Waals surface area contributed by atoms with Crippen molar-refractivity contribution in [3.8, 4) is 0 Å². The minimum absolute atomic E-state index is 0.494. The lowest BCUT2D eigenvalue weighted by molar-refractivity contribution is 0.203. The van der Waals surface area contributed by atoms with Gasteiger partial charge < -0.3 is 9.80 Å². The monoisotopic (exact) mass is 246 g/mol. The molecule has 1 unspecified atom stereocenters. The van der Waals surface area contributed by atoms with E-state index in [4.69, 9.17) is 0 Å². The van der Waals surface area contributed by atoms with Gasteiger partial charge in [0.15, 0.2) is 0 Å². The van der Waals surface area contributed by atoms with Crippen LogP contribution in [0.15, 0.2) is 30.3 Å². The predicted molar refractivity (Wildman–Crippen MR) is 79.2 cm³/mol. The van der Waals surface area contributed by atoms with Crippen molar-refractivity contribution in [2.45, 2.75) is 26.2 Å². The van der Waals surface area contributed by atoms with Gasteiger partial charge >= 0.3 is 0 Å². The summed E-state index contributed by atoms with van der Waals surface area (Å²) in [5.74, 6) is 0. The van der Waals surface area contributed by atoms with Crippen LogP contribution in [0.1, 0.15) is 26.2 Å². The van der Waals surface area contributed by atoms with Crippen molar-refractivity contribution in [1.82, 2.24) is 4.90 Å². The number of para-hydroxylation sites is 1. The molecule has 100 valence electrons. The van der Waals surface area contributed by atoms with E-state index in [0.717, 1.165) is 0 Å². The van der Waals surface area contributed by atoms with E-state index >= 15 is 0 Å². The van der Waals surface area contributed by atoms with Crippen LogP contribution in [-0.4, -0.2) is 38.6 Å². The van der Waals surface area contributed by atoms with Crippen LogP contribution in [0.25, 0.3) is 0 Å². The van der Waals surface area contributed by atoms with E-state index in [9.17, 15) is 0 Å². The lowest BCUT2D eigenvalue weighted by Gasteiger charge is -2.32. The van der Waals surface area contributed by atoms with Crippen LogP contribution in [0.2, 0.25) is 0 Å². The number of anilines is 1. The number of benzene rings is 1. The maximum Gasteiger partial charge on any atom is 0.0366 e. The van der Waals surface area contributed by atoms with Crippen LogP contribution in [0.3, 0.4) is 0 Å². The van der Waals surface area contributed by atoms with Gasteiger partial charge in [-0.1, -0.05) is 31.5 Å². The number of hydrogen-bond donors (Lipinski definition) is 0. The van der Waals surface area contributed by atoms with Crippen molar-refractivity contribution in [3.05, 3.63) is 30.3 Å². The first kappa shape index (κ1) is 13.4. The van der Waals surface area contributed by atoms with Gasteiger partial charge in [-0.15, -0.1) is 0 Å². The fourth-order valence-electron chi connectivity index (χ4n) is 3.41. The first-order valence-electron chi connectivity index (χ1n) is 7.10. The Morgan fingerprint density at radius 3 is 2.56 bits per heavy atom. The Bertz CT molecular complexity index is 361. The summed E-state index contributed by atoms with van der Waals surface area (Å²) in [6.45, 7) is 5.94. The van der Waals surface area contributed by atoms with Crippen molar-refractivity contribution in [1.29, 1.82) is 0 Å². The molecule has 0 bridgehead atoms. The molecule has 0 aromatic heterocycles. The molecule has 1 aromatic carbocycles. The predicted octanol–water partition coefficient (Wildman–Crippen LogP) is 3.24. The zero-order chi connectivity index (χ0) is 13.0. The maximum absolute atomic E-state index is 2.55. The molecule has 0 amide bonds. The Hall–Kier alpha value is -1.02. The van der Waals surface area contributed by atoms with Gasteiger partial charge in [0.1, 0.15) is 0 Å². The first-order valence-corrected chi connectivity index (χ1v) is 7.10. The highest BCUT2D eigenvalue weighted by Gasteiger charge is 2.37. The van der Waals surface area contributed by atoms with E-state index < -0.39 is 0 Å². The van der Waals surface area contributed by atoms with Crippen LogP contribution < -0.4 is 4.90 Å². The Kier molecular flexibility index (Phi) is 4.28. The highest BCUT2D eigenvalue weighted by atomic mass is 15.2. The Balaban J connectivity index is 2.08. The average Bonchev–Trinajstić information content (AvgIpc) is 2.74. The molecule has 0 saturated carbocycles. The zero-order valence-corrected chi connectivity index (χ0v) is 12.0. The summed E-state index contributed by atoms with van der Waals surface area (Å²) in [6.07, 6.45) is 3.96. The molecule has 1 atom stereocenters. The molecule has 0 spiro atoms. The Morgan fingerprint density at radius 2 is 1.94 bits per heavy atom. The second kappa shape index (κ2) is 5.75. The molecule has 18 heavy (non-hydrogen) atoms. The molecule has 0 radical (unpaired) electrons. The van der Waals surface area contributed by atoms with E-state index in [0.29, 0.717) is 5.41 Å². The third-order valence-corrected chi connectivity index (χ3v) is 3.99. The summed E-state index contributed by atoms with van der Waals surface area (Å²) in [5, 5.41) is 0. The molecular weight excluding hydrogens is 220 g/mol. The van der Waals surface area contributed by atoms with Crippen molar-refractivity contribution in [2.24, 2.45) is 5.41 Å². The molecule has 2 nitrogen and oxygen atoms in total. The molecule has 2 rings (SSSR count). The Morgan fingerprint density at radius 1 is 1.22 bits per heavy atom. The smallest absolute Gasteiger partial charge is 0.0366 e. The third-order valence-electron chi connectivity index (χ3n) is 3.99. The fraction of sp³-hybridized carbons (Fsp3) is 0.625. The Labute approximate surface area is 112 Å². The third kappa shape index (κ3) is 3.05. The van der Waals surface area contributed by atoms with E-state index in [1.165, 1.54) is 44.6 Å². The van der Waals surface area contributed by atoms with Crippen LogP contribution in [-0.2, 0) is 0 Å². The molecule has 1 fully saturated rings. The van der Waals surface area contributed by atoms with Gasteiger partial charge in [0.25, 0.3) is 0 Å². The standard InChI is InChI=1S/C16H26N2/c1-4-10-16(13-17(2)3)11-12-18(14-16)15-8-6-5-7-9-15/h5-9H,4,10-14H2,1-3H3. The van der Waals surface area contributed by atoms with E-state index in [2.05, 4.69) is 61.2 Å². The topological polar surface area (TPSA) is 6.48 Å². The molecule has 2 heteroatoms. The summed E-state index contributed by atoms with van der Waals surface area (Å²) in [5.41, 5.74) is 1.88. The van der Waals surface area contributed by atoms with Crippen molar-refractivity contribution >= 4 is 5.69 Å². The van der Waals surface area contributed by atoms with Gasteiger partial charge in [-0.3, -0.25) is 0 Å².